The number of carbonyl (C=O) groups excluding carboxylic acids is 1. The van der Waals surface area contributed by atoms with Gasteiger partial charge in [0.25, 0.3) is 0 Å². The predicted molar refractivity (Wildman–Crippen MR) is 138 cm³/mol. The van der Waals surface area contributed by atoms with Crippen LogP contribution in [0.4, 0.5) is 16.6 Å². The Labute approximate surface area is 220 Å². The molecular weight excluding hydrogens is 492 g/mol. The molecule has 0 saturated carbocycles. The molecule has 1 spiro atoms. The molecule has 10 nitrogen and oxygen atoms in total. The molecule has 2 aromatic heterocycles. The summed E-state index contributed by atoms with van der Waals surface area (Å²) in [6.45, 7) is 9.43. The van der Waals surface area contributed by atoms with Crippen LogP contribution in [0.25, 0.3) is 5.69 Å². The number of aromatic nitrogens is 4. The molecule has 11 heteroatoms. The summed E-state index contributed by atoms with van der Waals surface area (Å²) < 4.78 is 7.59. The molecule has 2 fully saturated rings. The van der Waals surface area contributed by atoms with Crippen LogP contribution in [0.1, 0.15) is 43.9 Å². The average molecular weight is 519 g/mol. The minimum Gasteiger partial charge on any atom is -0.447 e. The van der Waals surface area contributed by atoms with Crippen molar-refractivity contribution in [3.63, 3.8) is 0 Å². The fourth-order valence-electron chi connectivity index (χ4n) is 5.54. The zero-order valence-corrected chi connectivity index (χ0v) is 21.7. The van der Waals surface area contributed by atoms with Crippen LogP contribution in [-0.2, 0) is 11.3 Å². The molecule has 6 rings (SSSR count). The quantitative estimate of drug-likeness (QED) is 0.513. The highest BCUT2D eigenvalue weighted by atomic mass is 35.5. The van der Waals surface area contributed by atoms with Crippen molar-refractivity contribution in [1.82, 2.24) is 24.6 Å². The lowest BCUT2D eigenvalue weighted by Gasteiger charge is -2.60. The standard InChI is InChI=1S/C26H27ClN8O2/c1-16(2)37-25(36)34-11-18-9-19(27)7-8-21(18)35-23(17(34)3)30-31-24(35)33-14-26(15-33)12-32(13-26)22-6-4-5-20(10-28)29-22/h4-9,16-17H,11-15H2,1-3H3. The van der Waals surface area contributed by atoms with E-state index in [0.29, 0.717) is 23.1 Å². The van der Waals surface area contributed by atoms with Crippen molar-refractivity contribution in [2.75, 3.05) is 36.0 Å². The minimum absolute atomic E-state index is 0.156. The Kier molecular flexibility index (Phi) is 5.49. The van der Waals surface area contributed by atoms with Crippen molar-refractivity contribution in [1.29, 1.82) is 5.26 Å². The molecule has 1 atom stereocenters. The SMILES string of the molecule is CC(C)OC(=O)N1Cc2cc(Cl)ccc2-n2c(nnc2N2CC3(CN(c4cccc(C#N)n4)C3)C2)C1C. The Hall–Kier alpha value is -3.84. The molecule has 5 heterocycles. The number of rotatable bonds is 3. The first kappa shape index (κ1) is 23.6. The van der Waals surface area contributed by atoms with Gasteiger partial charge in [-0.05, 0) is 56.7 Å². The van der Waals surface area contributed by atoms with Gasteiger partial charge in [0.05, 0.1) is 24.4 Å². The Morgan fingerprint density at radius 1 is 1.16 bits per heavy atom. The summed E-state index contributed by atoms with van der Waals surface area (Å²) in [6, 6.07) is 13.0. The summed E-state index contributed by atoms with van der Waals surface area (Å²) in [4.78, 5) is 23.5. The normalized spacial score (nSPS) is 19.5. The first-order valence-corrected chi connectivity index (χ1v) is 12.7. The van der Waals surface area contributed by atoms with Crippen LogP contribution in [0.5, 0.6) is 0 Å². The Morgan fingerprint density at radius 2 is 1.92 bits per heavy atom. The fourth-order valence-corrected chi connectivity index (χ4v) is 5.73. The van der Waals surface area contributed by atoms with Gasteiger partial charge in [-0.15, -0.1) is 10.2 Å². The van der Waals surface area contributed by atoms with Crippen LogP contribution in [0.15, 0.2) is 36.4 Å². The van der Waals surface area contributed by atoms with E-state index in [1.807, 2.05) is 51.1 Å². The lowest BCUT2D eigenvalue weighted by Crippen LogP contribution is -2.73. The number of ether oxygens (including phenoxy) is 1. The van der Waals surface area contributed by atoms with Crippen LogP contribution >= 0.6 is 11.6 Å². The van der Waals surface area contributed by atoms with Crippen LogP contribution in [0, 0.1) is 16.7 Å². The number of fused-ring (bicyclic) bond motifs is 3. The van der Waals surface area contributed by atoms with E-state index >= 15 is 0 Å². The zero-order chi connectivity index (χ0) is 25.9. The first-order chi connectivity index (χ1) is 17.8. The van der Waals surface area contributed by atoms with Gasteiger partial charge in [0.1, 0.15) is 17.6 Å². The smallest absolute Gasteiger partial charge is 0.410 e. The number of pyridine rings is 1. The molecule has 37 heavy (non-hydrogen) atoms. The van der Waals surface area contributed by atoms with Gasteiger partial charge in [-0.1, -0.05) is 17.7 Å². The van der Waals surface area contributed by atoms with Gasteiger partial charge in [0.15, 0.2) is 5.82 Å². The van der Waals surface area contributed by atoms with E-state index in [9.17, 15) is 4.79 Å². The number of hydrogen-bond donors (Lipinski definition) is 0. The highest BCUT2D eigenvalue weighted by Gasteiger charge is 2.53. The lowest BCUT2D eigenvalue weighted by atomic mass is 9.73. The Bertz CT molecular complexity index is 1420. The minimum atomic E-state index is -0.391. The molecule has 0 radical (unpaired) electrons. The summed E-state index contributed by atoms with van der Waals surface area (Å²) in [5.41, 5.74) is 2.41. The molecule has 190 valence electrons. The molecule has 2 saturated heterocycles. The van der Waals surface area contributed by atoms with Crippen LogP contribution in [0.3, 0.4) is 0 Å². The van der Waals surface area contributed by atoms with Crippen molar-refractivity contribution in [3.05, 3.63) is 58.5 Å². The highest BCUT2D eigenvalue weighted by Crippen LogP contribution is 2.44. The largest absolute Gasteiger partial charge is 0.447 e. The van der Waals surface area contributed by atoms with Crippen molar-refractivity contribution < 1.29 is 9.53 Å². The van der Waals surface area contributed by atoms with E-state index in [1.54, 1.807) is 11.0 Å². The van der Waals surface area contributed by atoms with Crippen molar-refractivity contribution in [2.24, 2.45) is 5.41 Å². The number of amides is 1. The van der Waals surface area contributed by atoms with Gasteiger partial charge in [-0.3, -0.25) is 9.47 Å². The summed E-state index contributed by atoms with van der Waals surface area (Å²) >= 11 is 6.35. The summed E-state index contributed by atoms with van der Waals surface area (Å²) in [5.74, 6) is 2.29. The van der Waals surface area contributed by atoms with Crippen molar-refractivity contribution in [2.45, 2.75) is 39.5 Å². The van der Waals surface area contributed by atoms with Gasteiger partial charge in [0, 0.05) is 36.6 Å². The number of nitriles is 1. The molecule has 1 aromatic carbocycles. The number of benzene rings is 1. The van der Waals surface area contributed by atoms with E-state index in [-0.39, 0.29) is 17.6 Å². The molecule has 0 aliphatic carbocycles. The molecule has 0 N–H and O–H groups in total. The van der Waals surface area contributed by atoms with E-state index < -0.39 is 6.09 Å². The molecule has 0 bridgehead atoms. The summed E-state index contributed by atoms with van der Waals surface area (Å²) in [5, 5.41) is 18.9. The topological polar surface area (TPSA) is 103 Å². The van der Waals surface area contributed by atoms with E-state index in [4.69, 9.17) is 21.6 Å². The Morgan fingerprint density at radius 3 is 2.65 bits per heavy atom. The van der Waals surface area contributed by atoms with E-state index in [0.717, 1.165) is 49.2 Å². The van der Waals surface area contributed by atoms with Gasteiger partial charge in [-0.25, -0.2) is 9.78 Å². The van der Waals surface area contributed by atoms with Crippen molar-refractivity contribution >= 4 is 29.5 Å². The number of nitrogens with zero attached hydrogens (tertiary/aromatic N) is 8. The third kappa shape index (κ3) is 3.94. The lowest BCUT2D eigenvalue weighted by molar-refractivity contribution is 0.0618. The monoisotopic (exact) mass is 518 g/mol. The number of hydrogen-bond acceptors (Lipinski definition) is 8. The molecule has 1 unspecified atom stereocenters. The second-order valence-electron chi connectivity index (χ2n) is 10.4. The van der Waals surface area contributed by atoms with Gasteiger partial charge in [-0.2, -0.15) is 5.26 Å². The Balaban J connectivity index is 1.26. The maximum absolute atomic E-state index is 13.0. The van der Waals surface area contributed by atoms with Crippen molar-refractivity contribution in [3.8, 4) is 11.8 Å². The van der Waals surface area contributed by atoms with Crippen LogP contribution in [0.2, 0.25) is 5.02 Å². The zero-order valence-electron chi connectivity index (χ0n) is 20.9. The number of halogens is 1. The number of carbonyl (C=O) groups is 1. The van der Waals surface area contributed by atoms with Gasteiger partial charge < -0.3 is 14.5 Å². The summed E-state index contributed by atoms with van der Waals surface area (Å²) in [6.07, 6.45) is -0.620. The van der Waals surface area contributed by atoms with E-state index in [2.05, 4.69) is 35.6 Å². The molecule has 3 aliphatic heterocycles. The highest BCUT2D eigenvalue weighted by molar-refractivity contribution is 6.30. The second kappa shape index (κ2) is 8.63. The summed E-state index contributed by atoms with van der Waals surface area (Å²) in [7, 11) is 0. The fraction of sp³-hybridized carbons (Fsp3) is 0.423. The third-order valence-electron chi connectivity index (χ3n) is 7.27. The second-order valence-corrected chi connectivity index (χ2v) is 10.8. The molecule has 3 aromatic rings. The maximum atomic E-state index is 13.0. The molecule has 1 amide bonds. The first-order valence-electron chi connectivity index (χ1n) is 12.4. The maximum Gasteiger partial charge on any atom is 0.410 e. The average Bonchev–Trinajstić information content (AvgIpc) is 3.19. The van der Waals surface area contributed by atoms with Gasteiger partial charge >= 0.3 is 6.09 Å². The van der Waals surface area contributed by atoms with Gasteiger partial charge in [0.2, 0.25) is 5.95 Å². The van der Waals surface area contributed by atoms with Crippen LogP contribution < -0.4 is 9.80 Å². The predicted octanol–water partition coefficient (Wildman–Crippen LogP) is 3.94. The molecular formula is C26H27ClN8O2. The van der Waals surface area contributed by atoms with E-state index in [1.165, 1.54) is 0 Å². The number of anilines is 2. The molecule has 3 aliphatic rings. The van der Waals surface area contributed by atoms with Crippen LogP contribution in [-0.4, -0.2) is 63.0 Å². The third-order valence-corrected chi connectivity index (χ3v) is 7.50.